The summed E-state index contributed by atoms with van der Waals surface area (Å²) in [7, 11) is 0. The van der Waals surface area contributed by atoms with Crippen LogP contribution in [0.1, 0.15) is 11.1 Å². The molecule has 0 atom stereocenters. The van der Waals surface area contributed by atoms with Crippen molar-refractivity contribution in [1.82, 2.24) is 0 Å². The minimum atomic E-state index is 0.284. The first-order valence-corrected chi connectivity index (χ1v) is 5.29. The van der Waals surface area contributed by atoms with Crippen LogP contribution >= 0.6 is 0 Å². The molecule has 0 unspecified atom stereocenters. The highest BCUT2D eigenvalue weighted by Gasteiger charge is 2.03. The average Bonchev–Trinajstić information content (AvgIpc) is 2.27. The maximum atomic E-state index is 9.81. The van der Waals surface area contributed by atoms with E-state index in [1.54, 1.807) is 6.07 Å². The molecule has 2 aromatic rings. The third kappa shape index (κ3) is 2.16. The smallest absolute Gasteiger partial charge is 0.139 e. The van der Waals surface area contributed by atoms with Gasteiger partial charge in [0, 0.05) is 5.69 Å². The fourth-order valence-electron chi connectivity index (χ4n) is 1.58. The summed E-state index contributed by atoms with van der Waals surface area (Å²) < 4.78 is 0. The van der Waals surface area contributed by atoms with E-state index in [-0.39, 0.29) is 5.75 Å². The molecule has 0 radical (unpaired) electrons. The molecule has 2 rings (SSSR count). The highest BCUT2D eigenvalue weighted by Crippen LogP contribution is 2.29. The first-order chi connectivity index (χ1) is 7.66. The minimum absolute atomic E-state index is 0.284. The van der Waals surface area contributed by atoms with E-state index >= 15 is 0 Å². The maximum Gasteiger partial charge on any atom is 0.139 e. The molecular weight excluding hydrogens is 198 g/mol. The van der Waals surface area contributed by atoms with Gasteiger partial charge in [-0.05, 0) is 49.2 Å². The van der Waals surface area contributed by atoms with E-state index in [1.807, 2.05) is 50.2 Å². The van der Waals surface area contributed by atoms with Gasteiger partial charge < -0.3 is 10.4 Å². The average molecular weight is 213 g/mol. The number of hydrogen-bond donors (Lipinski definition) is 2. The molecule has 0 amide bonds. The Morgan fingerprint density at radius 3 is 2.25 bits per heavy atom. The zero-order chi connectivity index (χ0) is 11.5. The van der Waals surface area contributed by atoms with Gasteiger partial charge in [0.15, 0.2) is 0 Å². The molecule has 0 heterocycles. The molecule has 0 fully saturated rings. The topological polar surface area (TPSA) is 32.3 Å². The Balaban J connectivity index is 2.32. The molecular formula is C14H15NO. The quantitative estimate of drug-likeness (QED) is 0.744. The molecule has 0 aliphatic carbocycles. The summed E-state index contributed by atoms with van der Waals surface area (Å²) in [5, 5.41) is 13.0. The summed E-state index contributed by atoms with van der Waals surface area (Å²) in [5.74, 6) is 0.284. The van der Waals surface area contributed by atoms with E-state index in [0.29, 0.717) is 0 Å². The zero-order valence-corrected chi connectivity index (χ0v) is 9.49. The molecule has 2 aromatic carbocycles. The summed E-state index contributed by atoms with van der Waals surface area (Å²) in [6, 6.07) is 13.5. The van der Waals surface area contributed by atoms with Crippen LogP contribution in [0.25, 0.3) is 0 Å². The van der Waals surface area contributed by atoms with Gasteiger partial charge in [-0.25, -0.2) is 0 Å². The van der Waals surface area contributed by atoms with Crippen LogP contribution in [0.4, 0.5) is 11.4 Å². The van der Waals surface area contributed by atoms with E-state index < -0.39 is 0 Å². The van der Waals surface area contributed by atoms with Crippen LogP contribution in [0, 0.1) is 13.8 Å². The van der Waals surface area contributed by atoms with Crippen LogP contribution in [0.3, 0.4) is 0 Å². The Hall–Kier alpha value is -1.96. The SMILES string of the molecule is Cc1cc(O)c(Nc2ccccc2)cc1C. The normalized spacial score (nSPS) is 10.1. The first-order valence-electron chi connectivity index (χ1n) is 5.29. The van der Waals surface area contributed by atoms with Gasteiger partial charge in [-0.3, -0.25) is 0 Å². The van der Waals surface area contributed by atoms with Gasteiger partial charge >= 0.3 is 0 Å². The number of anilines is 2. The molecule has 0 aliphatic rings. The molecule has 16 heavy (non-hydrogen) atoms. The standard InChI is InChI=1S/C14H15NO/c1-10-8-13(14(16)9-11(10)2)15-12-6-4-3-5-7-12/h3-9,15-16H,1-2H3. The van der Waals surface area contributed by atoms with Crippen molar-refractivity contribution in [3.63, 3.8) is 0 Å². The van der Waals surface area contributed by atoms with Crippen molar-refractivity contribution in [2.45, 2.75) is 13.8 Å². The molecule has 0 aliphatic heterocycles. The number of nitrogens with one attached hydrogen (secondary N) is 1. The van der Waals surface area contributed by atoms with Crippen molar-refractivity contribution in [2.24, 2.45) is 0 Å². The molecule has 0 saturated carbocycles. The molecule has 0 aromatic heterocycles. The number of aromatic hydroxyl groups is 1. The Bertz CT molecular complexity index is 492. The second-order valence-corrected chi connectivity index (χ2v) is 3.94. The molecule has 82 valence electrons. The van der Waals surface area contributed by atoms with Gasteiger partial charge in [-0.1, -0.05) is 18.2 Å². The number of phenolic OH excluding ortho intramolecular Hbond substituents is 1. The summed E-state index contributed by atoms with van der Waals surface area (Å²) in [6.07, 6.45) is 0. The summed E-state index contributed by atoms with van der Waals surface area (Å²) >= 11 is 0. The number of rotatable bonds is 2. The summed E-state index contributed by atoms with van der Waals surface area (Å²) in [4.78, 5) is 0. The number of benzene rings is 2. The predicted octanol–water partition coefficient (Wildman–Crippen LogP) is 3.75. The van der Waals surface area contributed by atoms with E-state index in [1.165, 1.54) is 0 Å². The van der Waals surface area contributed by atoms with Crippen LogP contribution < -0.4 is 5.32 Å². The third-order valence-electron chi connectivity index (χ3n) is 2.66. The van der Waals surface area contributed by atoms with Crippen molar-refractivity contribution in [1.29, 1.82) is 0 Å². The van der Waals surface area contributed by atoms with Gasteiger partial charge in [-0.15, -0.1) is 0 Å². The fourth-order valence-corrected chi connectivity index (χ4v) is 1.58. The van der Waals surface area contributed by atoms with Gasteiger partial charge in [-0.2, -0.15) is 0 Å². The van der Waals surface area contributed by atoms with Crippen molar-refractivity contribution >= 4 is 11.4 Å². The van der Waals surface area contributed by atoms with Gasteiger partial charge in [0.2, 0.25) is 0 Å². The molecule has 2 N–H and O–H groups in total. The van der Waals surface area contributed by atoms with Crippen LogP contribution in [0.5, 0.6) is 5.75 Å². The van der Waals surface area contributed by atoms with Crippen LogP contribution in [-0.2, 0) is 0 Å². The Morgan fingerprint density at radius 1 is 0.938 bits per heavy atom. The number of para-hydroxylation sites is 1. The lowest BCUT2D eigenvalue weighted by Gasteiger charge is -2.10. The lowest BCUT2D eigenvalue weighted by Crippen LogP contribution is -1.92. The van der Waals surface area contributed by atoms with Crippen molar-refractivity contribution in [2.75, 3.05) is 5.32 Å². The highest BCUT2D eigenvalue weighted by atomic mass is 16.3. The Kier molecular flexibility index (Phi) is 2.82. The van der Waals surface area contributed by atoms with Crippen molar-refractivity contribution < 1.29 is 5.11 Å². The molecule has 2 nitrogen and oxygen atoms in total. The van der Waals surface area contributed by atoms with Gasteiger partial charge in [0.05, 0.1) is 5.69 Å². The van der Waals surface area contributed by atoms with Crippen LogP contribution in [0.2, 0.25) is 0 Å². The highest BCUT2D eigenvalue weighted by molar-refractivity contribution is 5.67. The van der Waals surface area contributed by atoms with Gasteiger partial charge in [0.1, 0.15) is 5.75 Å². The van der Waals surface area contributed by atoms with E-state index in [9.17, 15) is 5.11 Å². The fraction of sp³-hybridized carbons (Fsp3) is 0.143. The van der Waals surface area contributed by atoms with E-state index in [2.05, 4.69) is 5.32 Å². The second-order valence-electron chi connectivity index (χ2n) is 3.94. The molecule has 2 heteroatoms. The third-order valence-corrected chi connectivity index (χ3v) is 2.66. The number of phenols is 1. The molecule has 0 spiro atoms. The predicted molar refractivity (Wildman–Crippen MR) is 67.3 cm³/mol. The zero-order valence-electron chi connectivity index (χ0n) is 9.49. The Morgan fingerprint density at radius 2 is 1.56 bits per heavy atom. The molecule has 0 saturated heterocycles. The monoisotopic (exact) mass is 213 g/mol. The summed E-state index contributed by atoms with van der Waals surface area (Å²) in [5.41, 5.74) is 3.97. The molecule has 0 bridgehead atoms. The van der Waals surface area contributed by atoms with Gasteiger partial charge in [0.25, 0.3) is 0 Å². The number of aryl methyl sites for hydroxylation is 2. The lowest BCUT2D eigenvalue weighted by molar-refractivity contribution is 0.477. The van der Waals surface area contributed by atoms with E-state index in [0.717, 1.165) is 22.5 Å². The largest absolute Gasteiger partial charge is 0.506 e. The van der Waals surface area contributed by atoms with E-state index in [4.69, 9.17) is 0 Å². The Labute approximate surface area is 95.6 Å². The lowest BCUT2D eigenvalue weighted by atomic mass is 10.1. The first kappa shape index (κ1) is 10.6. The van der Waals surface area contributed by atoms with Crippen LogP contribution in [-0.4, -0.2) is 5.11 Å². The second kappa shape index (κ2) is 4.27. The number of hydrogen-bond acceptors (Lipinski definition) is 2. The van der Waals surface area contributed by atoms with Crippen molar-refractivity contribution in [3.8, 4) is 5.75 Å². The minimum Gasteiger partial charge on any atom is -0.506 e. The van der Waals surface area contributed by atoms with Crippen molar-refractivity contribution in [3.05, 3.63) is 53.6 Å². The maximum absolute atomic E-state index is 9.81. The summed E-state index contributed by atoms with van der Waals surface area (Å²) in [6.45, 7) is 4.02. The van der Waals surface area contributed by atoms with Crippen LogP contribution in [0.15, 0.2) is 42.5 Å².